The van der Waals surface area contributed by atoms with Crippen molar-refractivity contribution in [3.8, 4) is 0 Å². The number of thiocarbonyl (C=S) groups is 1. The second kappa shape index (κ2) is 6.78. The number of halogens is 1. The third-order valence-electron chi connectivity index (χ3n) is 3.50. The van der Waals surface area contributed by atoms with Gasteiger partial charge in [0, 0.05) is 17.0 Å². The van der Waals surface area contributed by atoms with Crippen LogP contribution in [0.15, 0.2) is 35.7 Å². The van der Waals surface area contributed by atoms with E-state index in [0.29, 0.717) is 27.9 Å². The lowest BCUT2D eigenvalue weighted by molar-refractivity contribution is 0.0956. The van der Waals surface area contributed by atoms with E-state index in [-0.39, 0.29) is 5.78 Å². The molecule has 0 aliphatic rings. The first-order valence-corrected chi connectivity index (χ1v) is 8.55. The number of thiophene rings is 1. The smallest absolute Gasteiger partial charge is 0.173 e. The van der Waals surface area contributed by atoms with Crippen LogP contribution in [0.3, 0.4) is 0 Å². The number of rotatable bonds is 5. The van der Waals surface area contributed by atoms with Crippen LogP contribution in [0.2, 0.25) is 5.02 Å². The lowest BCUT2D eigenvalue weighted by Gasteiger charge is -2.14. The van der Waals surface area contributed by atoms with Gasteiger partial charge in [-0.1, -0.05) is 11.6 Å². The maximum atomic E-state index is 12.9. The van der Waals surface area contributed by atoms with Crippen molar-refractivity contribution >= 4 is 56.3 Å². The molecule has 2 aromatic heterocycles. The monoisotopic (exact) mass is 364 g/mol. The number of fused-ring (bicyclic) bond motifs is 1. The predicted octanol–water partition coefficient (Wildman–Crippen LogP) is 4.61. The van der Waals surface area contributed by atoms with Gasteiger partial charge in [-0.15, -0.1) is 11.3 Å². The van der Waals surface area contributed by atoms with Crippen molar-refractivity contribution in [2.45, 2.75) is 12.3 Å². The number of nitrogens with one attached hydrogen (secondary N) is 1. The summed E-state index contributed by atoms with van der Waals surface area (Å²) in [6.07, 6.45) is 0.300. The summed E-state index contributed by atoms with van der Waals surface area (Å²) in [6, 6.07) is 8.75. The minimum atomic E-state index is -0.511. The van der Waals surface area contributed by atoms with E-state index in [1.165, 1.54) is 18.4 Å². The van der Waals surface area contributed by atoms with Gasteiger partial charge in [-0.3, -0.25) is 4.79 Å². The van der Waals surface area contributed by atoms with Crippen LogP contribution in [-0.2, 0) is 4.74 Å². The van der Waals surface area contributed by atoms with Crippen LogP contribution in [0, 0.1) is 0 Å². The average Bonchev–Trinajstić information content (AvgIpc) is 3.14. The second-order valence-corrected chi connectivity index (χ2v) is 6.75. The van der Waals surface area contributed by atoms with Crippen molar-refractivity contribution in [2.24, 2.45) is 0 Å². The van der Waals surface area contributed by atoms with Crippen molar-refractivity contribution in [3.05, 3.63) is 52.1 Å². The maximum absolute atomic E-state index is 12.9. The van der Waals surface area contributed by atoms with Crippen molar-refractivity contribution in [3.63, 3.8) is 0 Å². The first-order chi connectivity index (χ1) is 11.1. The molecule has 3 rings (SSSR count). The SMILES string of the molecule is COC(=S)CC(C(=O)c1ccc(Cl)cc1)c1nc2sccc2[nH]1. The molecular weight excluding hydrogens is 352 g/mol. The lowest BCUT2D eigenvalue weighted by atomic mass is 9.94. The van der Waals surface area contributed by atoms with Gasteiger partial charge in [-0.05, 0) is 47.9 Å². The number of methoxy groups -OCH3 is 1. The third-order valence-corrected chi connectivity index (χ3v) is 4.90. The van der Waals surface area contributed by atoms with Crippen molar-refractivity contribution < 1.29 is 9.53 Å². The number of imidazole rings is 1. The van der Waals surface area contributed by atoms with Gasteiger partial charge < -0.3 is 9.72 Å². The minimum Gasteiger partial charge on any atom is -0.490 e. The Balaban J connectivity index is 1.97. The Kier molecular flexibility index (Phi) is 4.75. The Morgan fingerprint density at radius 3 is 2.78 bits per heavy atom. The Morgan fingerprint density at radius 1 is 1.39 bits per heavy atom. The van der Waals surface area contributed by atoms with Gasteiger partial charge >= 0.3 is 0 Å². The van der Waals surface area contributed by atoms with Crippen molar-refractivity contribution in [2.75, 3.05) is 7.11 Å². The van der Waals surface area contributed by atoms with Crippen LogP contribution in [0.4, 0.5) is 0 Å². The molecule has 1 atom stereocenters. The predicted molar refractivity (Wildman–Crippen MR) is 96.7 cm³/mol. The van der Waals surface area contributed by atoms with E-state index in [9.17, 15) is 4.79 Å². The van der Waals surface area contributed by atoms with Gasteiger partial charge in [0.15, 0.2) is 10.8 Å². The molecule has 0 radical (unpaired) electrons. The Morgan fingerprint density at radius 2 is 2.13 bits per heavy atom. The topological polar surface area (TPSA) is 55.0 Å². The van der Waals surface area contributed by atoms with E-state index < -0.39 is 5.92 Å². The molecule has 0 saturated heterocycles. The standard InChI is InChI=1S/C16H13ClN2O2S2/c1-21-13(22)8-11(14(20)9-2-4-10(17)5-3-9)15-18-12-6-7-23-16(12)19-15/h2-7,11H,8H2,1H3,(H,18,19). The van der Waals surface area contributed by atoms with Gasteiger partial charge in [0.1, 0.15) is 10.7 Å². The number of ketones is 1. The molecule has 23 heavy (non-hydrogen) atoms. The highest BCUT2D eigenvalue weighted by Gasteiger charge is 2.27. The summed E-state index contributed by atoms with van der Waals surface area (Å²) in [5, 5.41) is 2.91. The van der Waals surface area contributed by atoms with Crippen LogP contribution in [0.25, 0.3) is 10.3 Å². The summed E-state index contributed by atoms with van der Waals surface area (Å²) in [5.74, 6) is 0.0249. The number of aromatic amines is 1. The number of hydrogen-bond donors (Lipinski definition) is 1. The molecule has 0 saturated carbocycles. The fraction of sp³-hybridized carbons (Fsp3) is 0.188. The summed E-state index contributed by atoms with van der Waals surface area (Å²) in [4.78, 5) is 21.5. The molecule has 0 bridgehead atoms. The third kappa shape index (κ3) is 3.44. The molecule has 4 nitrogen and oxygen atoms in total. The van der Waals surface area contributed by atoms with Gasteiger partial charge in [0.05, 0.1) is 18.5 Å². The molecular formula is C16H13ClN2O2S2. The maximum Gasteiger partial charge on any atom is 0.173 e. The molecule has 7 heteroatoms. The van der Waals surface area contributed by atoms with Gasteiger partial charge in [-0.2, -0.15) is 0 Å². The number of carbonyl (C=O) groups excluding carboxylic acids is 1. The van der Waals surface area contributed by atoms with Gasteiger partial charge in [0.2, 0.25) is 0 Å². The molecule has 1 aromatic carbocycles. The molecule has 1 N–H and O–H groups in total. The number of ether oxygens (including phenoxy) is 1. The first kappa shape index (κ1) is 16.1. The number of nitrogens with zero attached hydrogens (tertiary/aromatic N) is 1. The molecule has 118 valence electrons. The van der Waals surface area contributed by atoms with Crippen LogP contribution in [0.5, 0.6) is 0 Å². The lowest BCUT2D eigenvalue weighted by Crippen LogP contribution is -2.18. The number of Topliss-reactive ketones (excluding diaryl/α,β-unsaturated/α-hetero) is 1. The second-order valence-electron chi connectivity index (χ2n) is 4.97. The van der Waals surface area contributed by atoms with Crippen LogP contribution in [-0.4, -0.2) is 27.9 Å². The number of aromatic nitrogens is 2. The summed E-state index contributed by atoms with van der Waals surface area (Å²) in [7, 11) is 1.51. The average molecular weight is 365 g/mol. The molecule has 3 aromatic rings. The molecule has 0 aliphatic heterocycles. The minimum absolute atomic E-state index is 0.0672. The first-order valence-electron chi connectivity index (χ1n) is 6.88. The molecule has 0 fully saturated rings. The zero-order valence-electron chi connectivity index (χ0n) is 12.2. The number of carbonyl (C=O) groups is 1. The van der Waals surface area contributed by atoms with E-state index in [1.54, 1.807) is 24.3 Å². The van der Waals surface area contributed by atoms with E-state index >= 15 is 0 Å². The zero-order valence-corrected chi connectivity index (χ0v) is 14.6. The highest BCUT2D eigenvalue weighted by Crippen LogP contribution is 2.28. The molecule has 1 unspecified atom stereocenters. The highest BCUT2D eigenvalue weighted by molar-refractivity contribution is 7.80. The molecule has 0 spiro atoms. The quantitative estimate of drug-likeness (QED) is 0.530. The fourth-order valence-electron chi connectivity index (χ4n) is 2.30. The fourth-order valence-corrected chi connectivity index (χ4v) is 3.33. The Labute approximate surface area is 147 Å². The Bertz CT molecular complexity index is 826. The van der Waals surface area contributed by atoms with Crippen molar-refractivity contribution in [1.29, 1.82) is 0 Å². The van der Waals surface area contributed by atoms with Crippen LogP contribution >= 0.6 is 35.2 Å². The summed E-state index contributed by atoms with van der Waals surface area (Å²) in [5.41, 5.74) is 1.49. The summed E-state index contributed by atoms with van der Waals surface area (Å²) < 4.78 is 5.08. The normalized spacial score (nSPS) is 12.3. The number of H-pyrrole nitrogens is 1. The van der Waals surface area contributed by atoms with Crippen LogP contribution in [0.1, 0.15) is 28.5 Å². The number of hydrogen-bond acceptors (Lipinski definition) is 5. The van der Waals surface area contributed by atoms with Gasteiger partial charge in [0.25, 0.3) is 0 Å². The largest absolute Gasteiger partial charge is 0.490 e. The number of benzene rings is 1. The van der Waals surface area contributed by atoms with Gasteiger partial charge in [-0.25, -0.2) is 4.98 Å². The Hall–Kier alpha value is -1.76. The van der Waals surface area contributed by atoms with E-state index in [4.69, 9.17) is 28.6 Å². The molecule has 0 amide bonds. The summed E-state index contributed by atoms with van der Waals surface area (Å²) in [6.45, 7) is 0. The van der Waals surface area contributed by atoms with Crippen LogP contribution < -0.4 is 0 Å². The van der Waals surface area contributed by atoms with Crippen molar-refractivity contribution in [1.82, 2.24) is 9.97 Å². The zero-order chi connectivity index (χ0) is 16.4. The molecule has 2 heterocycles. The van der Waals surface area contributed by atoms with E-state index in [0.717, 1.165) is 10.3 Å². The summed E-state index contributed by atoms with van der Waals surface area (Å²) >= 11 is 12.6. The highest BCUT2D eigenvalue weighted by atomic mass is 35.5. The molecule has 0 aliphatic carbocycles. The van der Waals surface area contributed by atoms with E-state index in [2.05, 4.69) is 9.97 Å². The van der Waals surface area contributed by atoms with E-state index in [1.807, 2.05) is 11.4 Å².